The number of nitrogens with zero attached hydrogens (tertiary/aromatic N) is 3. The Hall–Kier alpha value is -1.79. The molecule has 138 valence electrons. The third-order valence-electron chi connectivity index (χ3n) is 5.26. The average molecular weight is 371 g/mol. The molecule has 5 nitrogen and oxygen atoms in total. The summed E-state index contributed by atoms with van der Waals surface area (Å²) >= 11 is 1.79. The molecule has 0 unspecified atom stereocenters. The van der Waals surface area contributed by atoms with Gasteiger partial charge in [-0.3, -0.25) is 9.48 Å². The Morgan fingerprint density at radius 1 is 1.31 bits per heavy atom. The summed E-state index contributed by atoms with van der Waals surface area (Å²) in [5.41, 5.74) is 5.16. The van der Waals surface area contributed by atoms with E-state index in [0.717, 1.165) is 30.0 Å². The maximum atomic E-state index is 12.7. The van der Waals surface area contributed by atoms with Crippen molar-refractivity contribution in [3.05, 3.63) is 35.0 Å². The number of rotatable bonds is 5. The van der Waals surface area contributed by atoms with Gasteiger partial charge >= 0.3 is 0 Å². The molecule has 1 aromatic carbocycles. The zero-order valence-corrected chi connectivity index (χ0v) is 16.4. The van der Waals surface area contributed by atoms with E-state index in [4.69, 9.17) is 0 Å². The molecule has 1 N–H and O–H groups in total. The predicted molar refractivity (Wildman–Crippen MR) is 106 cm³/mol. The molecule has 0 bridgehead atoms. The van der Waals surface area contributed by atoms with Crippen molar-refractivity contribution in [2.75, 3.05) is 26.2 Å². The molecule has 2 aliphatic heterocycles. The SMILES string of the molecule is Cc1ccc2c(c1)-c1c(c(C(=O)NCCCN3CCCC3)nn1C)CS2. The molecule has 0 radical (unpaired) electrons. The Balaban J connectivity index is 1.46. The summed E-state index contributed by atoms with van der Waals surface area (Å²) in [6, 6.07) is 6.50. The van der Waals surface area contributed by atoms with Crippen molar-refractivity contribution < 1.29 is 4.79 Å². The van der Waals surface area contributed by atoms with Crippen LogP contribution in [0.25, 0.3) is 11.3 Å². The first-order valence-corrected chi connectivity index (χ1v) is 10.4. The van der Waals surface area contributed by atoms with E-state index in [0.29, 0.717) is 12.2 Å². The highest BCUT2D eigenvalue weighted by molar-refractivity contribution is 7.98. The number of thioether (sulfide) groups is 1. The standard InChI is InChI=1S/C20H26N4OS/c1-14-6-7-17-15(12-14)19-16(13-26-17)18(22-23(19)2)20(25)21-8-5-11-24-9-3-4-10-24/h6-7,12H,3-5,8-11,13H2,1-2H3,(H,21,25). The highest BCUT2D eigenvalue weighted by Crippen LogP contribution is 2.42. The zero-order chi connectivity index (χ0) is 18.1. The Morgan fingerprint density at radius 3 is 2.92 bits per heavy atom. The molecule has 26 heavy (non-hydrogen) atoms. The quantitative estimate of drug-likeness (QED) is 0.821. The summed E-state index contributed by atoms with van der Waals surface area (Å²) < 4.78 is 1.87. The van der Waals surface area contributed by atoms with E-state index in [9.17, 15) is 4.79 Å². The van der Waals surface area contributed by atoms with E-state index in [1.807, 2.05) is 11.7 Å². The van der Waals surface area contributed by atoms with Gasteiger partial charge in [0.15, 0.2) is 5.69 Å². The minimum absolute atomic E-state index is 0.0417. The Morgan fingerprint density at radius 2 is 2.12 bits per heavy atom. The first-order valence-electron chi connectivity index (χ1n) is 9.44. The number of aryl methyl sites for hydroxylation is 2. The van der Waals surface area contributed by atoms with Crippen molar-refractivity contribution in [3.8, 4) is 11.3 Å². The van der Waals surface area contributed by atoms with Crippen LogP contribution in [0.2, 0.25) is 0 Å². The van der Waals surface area contributed by atoms with E-state index in [1.165, 1.54) is 42.0 Å². The second-order valence-electron chi connectivity index (χ2n) is 7.25. The van der Waals surface area contributed by atoms with Gasteiger partial charge in [0.1, 0.15) is 0 Å². The van der Waals surface area contributed by atoms with Crippen LogP contribution in [-0.4, -0.2) is 46.8 Å². The minimum Gasteiger partial charge on any atom is -0.351 e. The molecule has 0 atom stereocenters. The fourth-order valence-corrected chi connectivity index (χ4v) is 4.97. The molecule has 1 saturated heterocycles. The number of carbonyl (C=O) groups excluding carboxylic acids is 1. The number of fused-ring (bicyclic) bond motifs is 3. The lowest BCUT2D eigenvalue weighted by atomic mass is 10.0. The van der Waals surface area contributed by atoms with Crippen LogP contribution in [0.15, 0.2) is 23.1 Å². The predicted octanol–water partition coefficient (Wildman–Crippen LogP) is 3.22. The second-order valence-corrected chi connectivity index (χ2v) is 8.26. The number of hydrogen-bond donors (Lipinski definition) is 1. The van der Waals surface area contributed by atoms with Crippen molar-refractivity contribution in [2.24, 2.45) is 7.05 Å². The van der Waals surface area contributed by atoms with Crippen LogP contribution >= 0.6 is 11.8 Å². The lowest BCUT2D eigenvalue weighted by Crippen LogP contribution is -2.29. The minimum atomic E-state index is -0.0417. The first-order chi connectivity index (χ1) is 12.6. The van der Waals surface area contributed by atoms with Crippen LogP contribution in [0.5, 0.6) is 0 Å². The third-order valence-corrected chi connectivity index (χ3v) is 6.36. The fraction of sp³-hybridized carbons (Fsp3) is 0.500. The summed E-state index contributed by atoms with van der Waals surface area (Å²) in [7, 11) is 1.94. The smallest absolute Gasteiger partial charge is 0.272 e. The van der Waals surface area contributed by atoms with Crippen molar-refractivity contribution in [3.63, 3.8) is 0 Å². The lowest BCUT2D eigenvalue weighted by molar-refractivity contribution is 0.0945. The van der Waals surface area contributed by atoms with Crippen LogP contribution in [0.3, 0.4) is 0 Å². The van der Waals surface area contributed by atoms with E-state index in [1.54, 1.807) is 11.8 Å². The number of amides is 1. The van der Waals surface area contributed by atoms with Gasteiger partial charge in [-0.25, -0.2) is 0 Å². The van der Waals surface area contributed by atoms with Gasteiger partial charge < -0.3 is 10.2 Å². The highest BCUT2D eigenvalue weighted by atomic mass is 32.2. The van der Waals surface area contributed by atoms with Gasteiger partial charge in [0.2, 0.25) is 0 Å². The second kappa shape index (κ2) is 7.45. The molecule has 2 aromatic rings. The Bertz CT molecular complexity index is 823. The summed E-state index contributed by atoms with van der Waals surface area (Å²) in [5, 5.41) is 7.63. The van der Waals surface area contributed by atoms with Crippen molar-refractivity contribution >= 4 is 17.7 Å². The van der Waals surface area contributed by atoms with E-state index < -0.39 is 0 Å². The van der Waals surface area contributed by atoms with Gasteiger partial charge in [0, 0.05) is 35.4 Å². The Kier molecular flexibility index (Phi) is 5.05. The van der Waals surface area contributed by atoms with Gasteiger partial charge in [0.05, 0.1) is 5.69 Å². The zero-order valence-electron chi connectivity index (χ0n) is 15.5. The number of nitrogens with one attached hydrogen (secondary N) is 1. The number of aromatic nitrogens is 2. The largest absolute Gasteiger partial charge is 0.351 e. The molecular formula is C20H26N4OS. The van der Waals surface area contributed by atoms with Crippen LogP contribution in [0.1, 0.15) is 40.9 Å². The maximum absolute atomic E-state index is 12.7. The molecule has 3 heterocycles. The van der Waals surface area contributed by atoms with Gasteiger partial charge in [-0.1, -0.05) is 11.6 Å². The summed E-state index contributed by atoms with van der Waals surface area (Å²) in [5.74, 6) is 0.760. The summed E-state index contributed by atoms with van der Waals surface area (Å²) in [4.78, 5) is 16.4. The molecule has 1 amide bonds. The number of likely N-dealkylation sites (tertiary alicyclic amines) is 1. The third kappa shape index (κ3) is 3.40. The molecule has 0 saturated carbocycles. The molecule has 4 rings (SSSR count). The molecule has 1 aromatic heterocycles. The van der Waals surface area contributed by atoms with Crippen LogP contribution in [0.4, 0.5) is 0 Å². The molecule has 2 aliphatic rings. The summed E-state index contributed by atoms with van der Waals surface area (Å²) in [6.07, 6.45) is 3.62. The molecule has 0 spiro atoms. The number of carbonyl (C=O) groups is 1. The van der Waals surface area contributed by atoms with E-state index in [-0.39, 0.29) is 5.91 Å². The highest BCUT2D eigenvalue weighted by Gasteiger charge is 2.27. The van der Waals surface area contributed by atoms with Gasteiger partial charge in [-0.2, -0.15) is 5.10 Å². The molecular weight excluding hydrogens is 344 g/mol. The van der Waals surface area contributed by atoms with E-state index in [2.05, 4.69) is 40.4 Å². The van der Waals surface area contributed by atoms with Gasteiger partial charge in [-0.05, 0) is 58.0 Å². The first kappa shape index (κ1) is 17.6. The topological polar surface area (TPSA) is 50.2 Å². The summed E-state index contributed by atoms with van der Waals surface area (Å²) in [6.45, 7) is 6.30. The van der Waals surface area contributed by atoms with Crippen molar-refractivity contribution in [2.45, 2.75) is 36.8 Å². The van der Waals surface area contributed by atoms with Crippen molar-refractivity contribution in [1.82, 2.24) is 20.0 Å². The van der Waals surface area contributed by atoms with Crippen molar-refractivity contribution in [1.29, 1.82) is 0 Å². The van der Waals surface area contributed by atoms with E-state index >= 15 is 0 Å². The number of hydrogen-bond acceptors (Lipinski definition) is 4. The average Bonchev–Trinajstić information content (AvgIpc) is 3.26. The lowest BCUT2D eigenvalue weighted by Gasteiger charge is -2.18. The number of benzene rings is 1. The van der Waals surface area contributed by atoms with Gasteiger partial charge in [-0.15, -0.1) is 11.8 Å². The van der Waals surface area contributed by atoms with Crippen LogP contribution < -0.4 is 5.32 Å². The maximum Gasteiger partial charge on any atom is 0.272 e. The molecule has 1 fully saturated rings. The molecule has 0 aliphatic carbocycles. The fourth-order valence-electron chi connectivity index (χ4n) is 3.92. The van der Waals surface area contributed by atoms with Gasteiger partial charge in [0.25, 0.3) is 5.91 Å². The van der Waals surface area contributed by atoms with Crippen LogP contribution in [0, 0.1) is 6.92 Å². The normalized spacial score (nSPS) is 16.4. The monoisotopic (exact) mass is 370 g/mol. The molecule has 6 heteroatoms. The van der Waals surface area contributed by atoms with Crippen LogP contribution in [-0.2, 0) is 12.8 Å². The Labute approximate surface area is 159 Å².